The van der Waals surface area contributed by atoms with Gasteiger partial charge in [-0.1, -0.05) is 17.7 Å². The minimum absolute atomic E-state index is 0.142. The summed E-state index contributed by atoms with van der Waals surface area (Å²) in [5.41, 5.74) is 7.17. The fraction of sp³-hybridized carbons (Fsp3) is 0.0714. The van der Waals surface area contributed by atoms with Crippen molar-refractivity contribution in [2.24, 2.45) is 0 Å². The van der Waals surface area contributed by atoms with Gasteiger partial charge in [0, 0.05) is 16.8 Å². The van der Waals surface area contributed by atoms with Crippen LogP contribution in [0.4, 0.5) is 21.5 Å². The van der Waals surface area contributed by atoms with Crippen LogP contribution in [-0.2, 0) is 0 Å². The number of halogens is 2. The van der Waals surface area contributed by atoms with Crippen LogP contribution in [0.15, 0.2) is 30.3 Å². The molecule has 0 amide bonds. The maximum atomic E-state index is 13.7. The SMILES string of the molecule is Cc1c(Cl)cccc1Nc1cc(F)c(C(=O)O)cc1N. The van der Waals surface area contributed by atoms with Gasteiger partial charge in [0.25, 0.3) is 0 Å². The van der Waals surface area contributed by atoms with E-state index in [1.807, 2.05) is 6.92 Å². The zero-order chi connectivity index (χ0) is 14.9. The second-order valence-electron chi connectivity index (χ2n) is 4.26. The maximum absolute atomic E-state index is 13.7. The van der Waals surface area contributed by atoms with Crippen LogP contribution in [0, 0.1) is 12.7 Å². The molecule has 0 aliphatic carbocycles. The summed E-state index contributed by atoms with van der Waals surface area (Å²) in [7, 11) is 0. The number of hydrogen-bond donors (Lipinski definition) is 3. The number of nitrogens with two attached hydrogens (primary N) is 1. The second kappa shape index (κ2) is 5.38. The highest BCUT2D eigenvalue weighted by atomic mass is 35.5. The van der Waals surface area contributed by atoms with E-state index in [4.69, 9.17) is 22.4 Å². The molecule has 0 aliphatic rings. The summed E-state index contributed by atoms with van der Waals surface area (Å²) in [4.78, 5) is 10.8. The van der Waals surface area contributed by atoms with Crippen LogP contribution >= 0.6 is 11.6 Å². The molecule has 0 saturated carbocycles. The molecular weight excluding hydrogens is 283 g/mol. The van der Waals surface area contributed by atoms with Gasteiger partial charge in [-0.25, -0.2) is 9.18 Å². The van der Waals surface area contributed by atoms with E-state index in [-0.39, 0.29) is 11.4 Å². The van der Waals surface area contributed by atoms with Crippen molar-refractivity contribution in [2.75, 3.05) is 11.1 Å². The third-order valence-corrected chi connectivity index (χ3v) is 3.32. The normalized spacial score (nSPS) is 10.3. The Hall–Kier alpha value is -2.27. The van der Waals surface area contributed by atoms with Gasteiger partial charge in [-0.3, -0.25) is 0 Å². The van der Waals surface area contributed by atoms with Crippen LogP contribution in [0.1, 0.15) is 15.9 Å². The highest BCUT2D eigenvalue weighted by Crippen LogP contribution is 2.30. The zero-order valence-electron chi connectivity index (χ0n) is 10.6. The number of nitrogen functional groups attached to an aromatic ring is 1. The van der Waals surface area contributed by atoms with Crippen molar-refractivity contribution < 1.29 is 14.3 Å². The van der Waals surface area contributed by atoms with Crippen molar-refractivity contribution in [1.29, 1.82) is 0 Å². The van der Waals surface area contributed by atoms with Gasteiger partial charge >= 0.3 is 5.97 Å². The van der Waals surface area contributed by atoms with Crippen molar-refractivity contribution in [3.05, 3.63) is 52.3 Å². The molecule has 4 nitrogen and oxygen atoms in total. The van der Waals surface area contributed by atoms with Gasteiger partial charge in [-0.05, 0) is 30.7 Å². The number of anilines is 3. The first kappa shape index (κ1) is 14.1. The first-order valence-electron chi connectivity index (χ1n) is 5.74. The van der Waals surface area contributed by atoms with Gasteiger partial charge in [-0.2, -0.15) is 0 Å². The van der Waals surface area contributed by atoms with Gasteiger partial charge in [0.15, 0.2) is 0 Å². The monoisotopic (exact) mass is 294 g/mol. The standard InChI is InChI=1S/C14H12ClFN2O2/c1-7-9(15)3-2-4-12(7)18-13-6-10(16)8(14(19)20)5-11(13)17/h2-6,18H,17H2,1H3,(H,19,20). The smallest absolute Gasteiger partial charge is 0.338 e. The van der Waals surface area contributed by atoms with E-state index in [1.165, 1.54) is 0 Å². The Balaban J connectivity index is 2.42. The van der Waals surface area contributed by atoms with E-state index in [0.29, 0.717) is 10.7 Å². The third-order valence-electron chi connectivity index (χ3n) is 2.91. The van der Waals surface area contributed by atoms with E-state index >= 15 is 0 Å². The molecule has 2 aromatic rings. The number of carboxylic acids is 1. The number of rotatable bonds is 3. The molecule has 0 saturated heterocycles. The summed E-state index contributed by atoms with van der Waals surface area (Å²) in [5.74, 6) is -2.21. The summed E-state index contributed by atoms with van der Waals surface area (Å²) in [6.07, 6.45) is 0. The Kier molecular flexibility index (Phi) is 3.81. The van der Waals surface area contributed by atoms with Crippen LogP contribution in [0.25, 0.3) is 0 Å². The third kappa shape index (κ3) is 2.67. The van der Waals surface area contributed by atoms with E-state index in [0.717, 1.165) is 17.7 Å². The number of carboxylic acid groups (broad SMARTS) is 1. The van der Waals surface area contributed by atoms with Gasteiger partial charge in [0.1, 0.15) is 5.82 Å². The lowest BCUT2D eigenvalue weighted by atomic mass is 10.1. The molecule has 20 heavy (non-hydrogen) atoms. The minimum atomic E-state index is -1.36. The zero-order valence-corrected chi connectivity index (χ0v) is 11.3. The molecule has 104 valence electrons. The van der Waals surface area contributed by atoms with Crippen LogP contribution in [-0.4, -0.2) is 11.1 Å². The molecule has 0 bridgehead atoms. The molecule has 2 aromatic carbocycles. The lowest BCUT2D eigenvalue weighted by Gasteiger charge is -2.13. The molecule has 0 radical (unpaired) electrons. The quantitative estimate of drug-likeness (QED) is 0.752. The number of nitrogens with one attached hydrogen (secondary N) is 1. The highest BCUT2D eigenvalue weighted by Gasteiger charge is 2.14. The van der Waals surface area contributed by atoms with E-state index in [9.17, 15) is 9.18 Å². The Morgan fingerprint density at radius 3 is 2.70 bits per heavy atom. The number of aromatic carboxylic acids is 1. The first-order chi connectivity index (χ1) is 9.40. The fourth-order valence-electron chi connectivity index (χ4n) is 1.75. The average molecular weight is 295 g/mol. The fourth-order valence-corrected chi connectivity index (χ4v) is 1.92. The van der Waals surface area contributed by atoms with E-state index < -0.39 is 17.3 Å². The molecule has 4 N–H and O–H groups in total. The van der Waals surface area contributed by atoms with Crippen LogP contribution in [0.3, 0.4) is 0 Å². The van der Waals surface area contributed by atoms with Gasteiger partial charge < -0.3 is 16.2 Å². The molecule has 0 spiro atoms. The topological polar surface area (TPSA) is 75.3 Å². The second-order valence-corrected chi connectivity index (χ2v) is 4.67. The average Bonchev–Trinajstić information content (AvgIpc) is 2.38. The number of benzene rings is 2. The largest absolute Gasteiger partial charge is 0.478 e. The number of carbonyl (C=O) groups is 1. The summed E-state index contributed by atoms with van der Waals surface area (Å²) in [5, 5.41) is 12.3. The summed E-state index contributed by atoms with van der Waals surface area (Å²) < 4.78 is 13.7. The van der Waals surface area contributed by atoms with Gasteiger partial charge in [0.05, 0.1) is 16.9 Å². The van der Waals surface area contributed by atoms with E-state index in [2.05, 4.69) is 5.32 Å². The van der Waals surface area contributed by atoms with Gasteiger partial charge in [0.2, 0.25) is 0 Å². The highest BCUT2D eigenvalue weighted by molar-refractivity contribution is 6.31. The summed E-state index contributed by atoms with van der Waals surface area (Å²) in [6.45, 7) is 1.81. The van der Waals surface area contributed by atoms with Crippen LogP contribution in [0.5, 0.6) is 0 Å². The molecule has 2 rings (SSSR count). The van der Waals surface area contributed by atoms with Crippen molar-refractivity contribution >= 4 is 34.6 Å². The molecule has 0 unspecified atom stereocenters. The number of hydrogen-bond acceptors (Lipinski definition) is 3. The minimum Gasteiger partial charge on any atom is -0.478 e. The molecule has 0 heterocycles. The molecule has 0 atom stereocenters. The van der Waals surface area contributed by atoms with Crippen molar-refractivity contribution in [3.63, 3.8) is 0 Å². The first-order valence-corrected chi connectivity index (χ1v) is 6.12. The Morgan fingerprint density at radius 2 is 2.05 bits per heavy atom. The maximum Gasteiger partial charge on any atom is 0.338 e. The molecule has 0 aliphatic heterocycles. The molecular formula is C14H12ClFN2O2. The van der Waals surface area contributed by atoms with Crippen molar-refractivity contribution in [3.8, 4) is 0 Å². The Morgan fingerprint density at radius 1 is 1.35 bits per heavy atom. The lowest BCUT2D eigenvalue weighted by Crippen LogP contribution is -2.05. The summed E-state index contributed by atoms with van der Waals surface area (Å²) >= 11 is 5.99. The van der Waals surface area contributed by atoms with Crippen molar-refractivity contribution in [2.45, 2.75) is 6.92 Å². The Bertz CT molecular complexity index is 689. The van der Waals surface area contributed by atoms with Crippen LogP contribution < -0.4 is 11.1 Å². The Labute approximate surface area is 120 Å². The predicted molar refractivity (Wildman–Crippen MR) is 77.2 cm³/mol. The molecule has 0 aromatic heterocycles. The lowest BCUT2D eigenvalue weighted by molar-refractivity contribution is 0.0692. The summed E-state index contributed by atoms with van der Waals surface area (Å²) in [6, 6.07) is 7.39. The van der Waals surface area contributed by atoms with Crippen LogP contribution in [0.2, 0.25) is 5.02 Å². The van der Waals surface area contributed by atoms with E-state index in [1.54, 1.807) is 18.2 Å². The predicted octanol–water partition coefficient (Wildman–Crippen LogP) is 3.81. The molecule has 0 fully saturated rings. The van der Waals surface area contributed by atoms with Gasteiger partial charge in [-0.15, -0.1) is 0 Å². The van der Waals surface area contributed by atoms with Crippen molar-refractivity contribution in [1.82, 2.24) is 0 Å². The molecule has 6 heteroatoms.